The van der Waals surface area contributed by atoms with E-state index in [4.69, 9.17) is 9.84 Å². The molecule has 2 rings (SSSR count). The van der Waals surface area contributed by atoms with Crippen molar-refractivity contribution in [2.24, 2.45) is 0 Å². The van der Waals surface area contributed by atoms with Crippen molar-refractivity contribution >= 4 is 11.9 Å². The fraction of sp³-hybridized carbons (Fsp3) is 0.385. The van der Waals surface area contributed by atoms with E-state index < -0.39 is 11.6 Å². The monoisotopic (exact) mass is 249 g/mol. The summed E-state index contributed by atoms with van der Waals surface area (Å²) in [5.74, 6) is -1.11. The summed E-state index contributed by atoms with van der Waals surface area (Å²) >= 11 is 0. The average molecular weight is 249 g/mol. The number of carboxylic acid groups (broad SMARTS) is 1. The summed E-state index contributed by atoms with van der Waals surface area (Å²) in [6.07, 6.45) is 1.48. The van der Waals surface area contributed by atoms with Crippen LogP contribution in [-0.4, -0.2) is 29.7 Å². The number of hydrogen-bond acceptors (Lipinski definition) is 3. The number of hydrogen-bond donors (Lipinski definition) is 2. The van der Waals surface area contributed by atoms with Gasteiger partial charge in [0.2, 0.25) is 0 Å². The molecule has 0 bridgehead atoms. The third-order valence-corrected chi connectivity index (χ3v) is 3.14. The van der Waals surface area contributed by atoms with Crippen molar-refractivity contribution in [2.75, 3.05) is 7.11 Å². The van der Waals surface area contributed by atoms with Crippen molar-refractivity contribution in [2.45, 2.75) is 25.0 Å². The Morgan fingerprint density at radius 3 is 2.72 bits per heavy atom. The van der Waals surface area contributed by atoms with Crippen LogP contribution in [0.5, 0.6) is 0 Å². The van der Waals surface area contributed by atoms with Crippen LogP contribution >= 0.6 is 0 Å². The van der Waals surface area contributed by atoms with Crippen LogP contribution in [-0.2, 0) is 16.1 Å². The second-order valence-corrected chi connectivity index (χ2v) is 4.39. The Kier molecular flexibility index (Phi) is 3.34. The predicted octanol–water partition coefficient (Wildman–Crippen LogP) is 1.18. The molecule has 5 nitrogen and oxygen atoms in total. The fourth-order valence-corrected chi connectivity index (χ4v) is 1.80. The van der Waals surface area contributed by atoms with Crippen LogP contribution in [0.25, 0.3) is 0 Å². The molecule has 1 aliphatic carbocycles. The van der Waals surface area contributed by atoms with Crippen molar-refractivity contribution in [1.29, 1.82) is 0 Å². The number of nitrogens with one attached hydrogen (secondary N) is 1. The van der Waals surface area contributed by atoms with Crippen LogP contribution in [0.2, 0.25) is 0 Å². The molecule has 1 fully saturated rings. The van der Waals surface area contributed by atoms with E-state index in [0.717, 1.165) is 18.4 Å². The Balaban J connectivity index is 1.96. The van der Waals surface area contributed by atoms with Gasteiger partial charge in [-0.3, -0.25) is 4.79 Å². The highest BCUT2D eigenvalue weighted by molar-refractivity contribution is 5.89. The minimum Gasteiger partial charge on any atom is -0.478 e. The molecule has 0 saturated heterocycles. The molecule has 1 aliphatic rings. The summed E-state index contributed by atoms with van der Waals surface area (Å²) < 4.78 is 5.15. The molecule has 0 spiro atoms. The SMILES string of the molecule is COC1(C(=O)NCc2cccc(C(=O)O)c2)CC1. The van der Waals surface area contributed by atoms with Gasteiger partial charge in [0.15, 0.2) is 0 Å². The van der Waals surface area contributed by atoms with Crippen molar-refractivity contribution in [3.63, 3.8) is 0 Å². The van der Waals surface area contributed by atoms with Crippen molar-refractivity contribution < 1.29 is 19.4 Å². The Morgan fingerprint density at radius 2 is 2.17 bits per heavy atom. The van der Waals surface area contributed by atoms with Gasteiger partial charge in [-0.25, -0.2) is 4.79 Å². The standard InChI is InChI=1S/C13H15NO4/c1-18-13(5-6-13)12(17)14-8-9-3-2-4-10(7-9)11(15)16/h2-4,7H,5-6,8H2,1H3,(H,14,17)(H,15,16). The third-order valence-electron chi connectivity index (χ3n) is 3.14. The van der Waals surface area contributed by atoms with E-state index in [1.165, 1.54) is 13.2 Å². The maximum absolute atomic E-state index is 11.8. The number of carboxylic acids is 1. The summed E-state index contributed by atoms with van der Waals surface area (Å²) in [5.41, 5.74) is 0.328. The Hall–Kier alpha value is -1.88. The minimum absolute atomic E-state index is 0.134. The average Bonchev–Trinajstić information content (AvgIpc) is 3.17. The predicted molar refractivity (Wildman–Crippen MR) is 64.2 cm³/mol. The first-order valence-corrected chi connectivity index (χ1v) is 5.73. The molecule has 1 aromatic rings. The van der Waals surface area contributed by atoms with Gasteiger partial charge in [0.05, 0.1) is 5.56 Å². The van der Waals surface area contributed by atoms with Gasteiger partial charge in [0.1, 0.15) is 5.60 Å². The summed E-state index contributed by atoms with van der Waals surface area (Å²) in [4.78, 5) is 22.6. The first-order chi connectivity index (χ1) is 8.57. The lowest BCUT2D eigenvalue weighted by atomic mass is 10.1. The summed E-state index contributed by atoms with van der Waals surface area (Å²) in [5, 5.41) is 11.6. The number of carbonyl (C=O) groups excluding carboxylic acids is 1. The summed E-state index contributed by atoms with van der Waals surface area (Å²) in [6, 6.07) is 6.51. The van der Waals surface area contributed by atoms with E-state index in [1.807, 2.05) is 0 Å². The maximum Gasteiger partial charge on any atom is 0.335 e. The quantitative estimate of drug-likeness (QED) is 0.821. The van der Waals surface area contributed by atoms with Crippen LogP contribution in [0.3, 0.4) is 0 Å². The summed E-state index contributed by atoms with van der Waals surface area (Å²) in [7, 11) is 1.53. The first-order valence-electron chi connectivity index (χ1n) is 5.73. The van der Waals surface area contributed by atoms with Gasteiger partial charge in [-0.05, 0) is 30.5 Å². The normalized spacial score (nSPS) is 16.1. The number of methoxy groups -OCH3 is 1. The zero-order valence-electron chi connectivity index (χ0n) is 10.1. The number of carbonyl (C=O) groups is 2. The van der Waals surface area contributed by atoms with E-state index in [0.29, 0.717) is 6.54 Å². The molecule has 1 saturated carbocycles. The molecule has 18 heavy (non-hydrogen) atoms. The Labute approximate surface area is 105 Å². The lowest BCUT2D eigenvalue weighted by Gasteiger charge is -2.13. The van der Waals surface area contributed by atoms with Gasteiger partial charge in [0.25, 0.3) is 5.91 Å². The molecule has 2 N–H and O–H groups in total. The topological polar surface area (TPSA) is 75.6 Å². The molecule has 0 heterocycles. The van der Waals surface area contributed by atoms with Gasteiger partial charge in [-0.2, -0.15) is 0 Å². The highest BCUT2D eigenvalue weighted by Crippen LogP contribution is 2.38. The lowest BCUT2D eigenvalue weighted by Crippen LogP contribution is -2.37. The van der Waals surface area contributed by atoms with E-state index in [1.54, 1.807) is 18.2 Å². The Morgan fingerprint density at radius 1 is 1.44 bits per heavy atom. The van der Waals surface area contributed by atoms with Crippen molar-refractivity contribution in [3.05, 3.63) is 35.4 Å². The fourth-order valence-electron chi connectivity index (χ4n) is 1.80. The maximum atomic E-state index is 11.8. The van der Waals surface area contributed by atoms with Crippen molar-refractivity contribution in [3.8, 4) is 0 Å². The largest absolute Gasteiger partial charge is 0.478 e. The van der Waals surface area contributed by atoms with Gasteiger partial charge in [-0.15, -0.1) is 0 Å². The molecule has 0 aliphatic heterocycles. The number of rotatable bonds is 5. The third kappa shape index (κ3) is 2.51. The van der Waals surface area contributed by atoms with Gasteiger partial charge >= 0.3 is 5.97 Å². The van der Waals surface area contributed by atoms with E-state index in [9.17, 15) is 9.59 Å². The van der Waals surface area contributed by atoms with Crippen LogP contribution in [0.1, 0.15) is 28.8 Å². The van der Waals surface area contributed by atoms with E-state index in [2.05, 4.69) is 5.32 Å². The molecule has 0 atom stereocenters. The van der Waals surface area contributed by atoms with Gasteiger partial charge in [0, 0.05) is 13.7 Å². The molecule has 1 aromatic carbocycles. The zero-order chi connectivity index (χ0) is 13.2. The Bertz CT molecular complexity index is 480. The van der Waals surface area contributed by atoms with Gasteiger partial charge < -0.3 is 15.2 Å². The van der Waals surface area contributed by atoms with Crippen molar-refractivity contribution in [1.82, 2.24) is 5.32 Å². The molecular formula is C13H15NO4. The first kappa shape index (κ1) is 12.6. The molecule has 5 heteroatoms. The molecular weight excluding hydrogens is 234 g/mol. The van der Waals surface area contributed by atoms with Gasteiger partial charge in [-0.1, -0.05) is 12.1 Å². The molecule has 96 valence electrons. The minimum atomic E-state index is -0.973. The molecule has 0 aromatic heterocycles. The highest BCUT2D eigenvalue weighted by atomic mass is 16.5. The zero-order valence-corrected chi connectivity index (χ0v) is 10.1. The smallest absolute Gasteiger partial charge is 0.335 e. The van der Waals surface area contributed by atoms with Crippen LogP contribution in [0.15, 0.2) is 24.3 Å². The number of aromatic carboxylic acids is 1. The molecule has 0 unspecified atom stereocenters. The van der Waals surface area contributed by atoms with Crippen LogP contribution in [0, 0.1) is 0 Å². The second kappa shape index (κ2) is 4.78. The van der Waals surface area contributed by atoms with Crippen LogP contribution < -0.4 is 5.32 Å². The second-order valence-electron chi connectivity index (χ2n) is 4.39. The molecule has 1 amide bonds. The highest BCUT2D eigenvalue weighted by Gasteiger charge is 2.50. The summed E-state index contributed by atoms with van der Waals surface area (Å²) in [6.45, 7) is 0.311. The molecule has 0 radical (unpaired) electrons. The lowest BCUT2D eigenvalue weighted by molar-refractivity contribution is -0.133. The van der Waals surface area contributed by atoms with E-state index in [-0.39, 0.29) is 11.5 Å². The van der Waals surface area contributed by atoms with Crippen LogP contribution in [0.4, 0.5) is 0 Å². The van der Waals surface area contributed by atoms with E-state index >= 15 is 0 Å². The number of amides is 1. The number of benzene rings is 1. The number of ether oxygens (including phenoxy) is 1.